The predicted molar refractivity (Wildman–Crippen MR) is 94.7 cm³/mol. The van der Waals surface area contributed by atoms with Crippen molar-refractivity contribution in [3.8, 4) is 0 Å². The van der Waals surface area contributed by atoms with Crippen LogP contribution in [0.5, 0.6) is 0 Å². The Labute approximate surface area is 150 Å². The van der Waals surface area contributed by atoms with Crippen molar-refractivity contribution in [2.45, 2.75) is 25.9 Å². The summed E-state index contributed by atoms with van der Waals surface area (Å²) < 4.78 is 18.1. The Bertz CT molecular complexity index is 802. The van der Waals surface area contributed by atoms with Gasteiger partial charge in [-0.3, -0.25) is 10.1 Å². The van der Waals surface area contributed by atoms with E-state index < -0.39 is 10.9 Å². The number of benzene rings is 2. The van der Waals surface area contributed by atoms with Crippen LogP contribution in [0.2, 0.25) is 0 Å². The topological polar surface area (TPSA) is 72.7 Å². The van der Waals surface area contributed by atoms with Gasteiger partial charge in [-0.2, -0.15) is 0 Å². The van der Waals surface area contributed by atoms with Crippen molar-refractivity contribution in [2.24, 2.45) is 0 Å². The SMILES string of the molecule is O=C(OCc1ccc(F)cc1)c1ccc(N2CCCCC2)c([N+](=O)[O-])c1. The zero-order valence-electron chi connectivity index (χ0n) is 14.2. The molecule has 0 unspecified atom stereocenters. The van der Waals surface area contributed by atoms with Crippen molar-refractivity contribution in [1.82, 2.24) is 0 Å². The van der Waals surface area contributed by atoms with Crippen LogP contribution in [0.15, 0.2) is 42.5 Å². The van der Waals surface area contributed by atoms with E-state index in [1.165, 1.54) is 30.3 Å². The van der Waals surface area contributed by atoms with Gasteiger partial charge >= 0.3 is 5.97 Å². The highest BCUT2D eigenvalue weighted by atomic mass is 19.1. The number of nitro groups is 1. The summed E-state index contributed by atoms with van der Waals surface area (Å²) in [6.07, 6.45) is 3.12. The first-order valence-electron chi connectivity index (χ1n) is 8.49. The second-order valence-corrected chi connectivity index (χ2v) is 6.21. The van der Waals surface area contributed by atoms with Crippen LogP contribution in [0.25, 0.3) is 0 Å². The smallest absolute Gasteiger partial charge is 0.338 e. The van der Waals surface area contributed by atoms with E-state index in [-0.39, 0.29) is 23.7 Å². The Morgan fingerprint density at radius 3 is 2.46 bits per heavy atom. The first-order chi connectivity index (χ1) is 12.5. The Morgan fingerprint density at radius 1 is 1.12 bits per heavy atom. The van der Waals surface area contributed by atoms with Gasteiger partial charge in [-0.05, 0) is 49.1 Å². The highest BCUT2D eigenvalue weighted by Gasteiger charge is 2.23. The van der Waals surface area contributed by atoms with Crippen molar-refractivity contribution < 1.29 is 18.8 Å². The maximum Gasteiger partial charge on any atom is 0.338 e. The number of ether oxygens (including phenoxy) is 1. The zero-order chi connectivity index (χ0) is 18.5. The summed E-state index contributed by atoms with van der Waals surface area (Å²) in [5.74, 6) is -1.02. The summed E-state index contributed by atoms with van der Waals surface area (Å²) in [6, 6.07) is 10.0. The van der Waals surface area contributed by atoms with Crippen LogP contribution >= 0.6 is 0 Å². The number of carbonyl (C=O) groups excluding carboxylic acids is 1. The van der Waals surface area contributed by atoms with E-state index in [9.17, 15) is 19.3 Å². The number of halogens is 1. The molecule has 136 valence electrons. The Morgan fingerprint density at radius 2 is 1.81 bits per heavy atom. The Kier molecular flexibility index (Phi) is 5.46. The molecule has 6 nitrogen and oxygen atoms in total. The highest BCUT2D eigenvalue weighted by Crippen LogP contribution is 2.31. The summed E-state index contributed by atoms with van der Waals surface area (Å²) >= 11 is 0. The lowest BCUT2D eigenvalue weighted by Gasteiger charge is -2.28. The van der Waals surface area contributed by atoms with Crippen LogP contribution in [0.3, 0.4) is 0 Å². The molecule has 1 aliphatic heterocycles. The molecule has 1 saturated heterocycles. The average Bonchev–Trinajstić information content (AvgIpc) is 2.67. The first kappa shape index (κ1) is 17.8. The van der Waals surface area contributed by atoms with E-state index in [4.69, 9.17) is 4.74 Å². The fraction of sp³-hybridized carbons (Fsp3) is 0.316. The van der Waals surface area contributed by atoms with Crippen molar-refractivity contribution in [1.29, 1.82) is 0 Å². The maximum atomic E-state index is 12.9. The van der Waals surface area contributed by atoms with E-state index in [2.05, 4.69) is 0 Å². The third kappa shape index (κ3) is 4.17. The van der Waals surface area contributed by atoms with Gasteiger partial charge in [0.1, 0.15) is 18.1 Å². The van der Waals surface area contributed by atoms with Crippen LogP contribution in [0.1, 0.15) is 35.2 Å². The summed E-state index contributed by atoms with van der Waals surface area (Å²) in [6.45, 7) is 1.52. The molecule has 1 fully saturated rings. The van der Waals surface area contributed by atoms with E-state index in [1.54, 1.807) is 12.1 Å². The van der Waals surface area contributed by atoms with Crippen LogP contribution in [-0.2, 0) is 11.3 Å². The van der Waals surface area contributed by atoms with Gasteiger partial charge in [0.2, 0.25) is 0 Å². The van der Waals surface area contributed by atoms with E-state index in [0.29, 0.717) is 11.3 Å². The maximum absolute atomic E-state index is 12.9. The second-order valence-electron chi connectivity index (χ2n) is 6.21. The van der Waals surface area contributed by atoms with Gasteiger partial charge in [0.25, 0.3) is 5.69 Å². The van der Waals surface area contributed by atoms with Gasteiger partial charge in [-0.25, -0.2) is 9.18 Å². The van der Waals surface area contributed by atoms with Gasteiger partial charge in [0.05, 0.1) is 10.5 Å². The third-order valence-corrected chi connectivity index (χ3v) is 4.39. The molecule has 0 N–H and O–H groups in total. The lowest BCUT2D eigenvalue weighted by atomic mass is 10.1. The molecule has 0 bridgehead atoms. The number of nitrogens with zero attached hydrogens (tertiary/aromatic N) is 2. The Balaban J connectivity index is 1.74. The van der Waals surface area contributed by atoms with E-state index in [0.717, 1.165) is 32.4 Å². The number of carbonyl (C=O) groups is 1. The predicted octanol–water partition coefficient (Wildman–Crippen LogP) is 4.08. The quantitative estimate of drug-likeness (QED) is 0.457. The summed E-state index contributed by atoms with van der Waals surface area (Å²) in [7, 11) is 0. The molecular formula is C19H19FN2O4. The zero-order valence-corrected chi connectivity index (χ0v) is 14.2. The summed E-state index contributed by atoms with van der Waals surface area (Å²) in [5.41, 5.74) is 1.20. The molecule has 0 aromatic heterocycles. The number of rotatable bonds is 5. The van der Waals surface area contributed by atoms with Crippen molar-refractivity contribution in [2.75, 3.05) is 18.0 Å². The van der Waals surface area contributed by atoms with Gasteiger partial charge in [-0.15, -0.1) is 0 Å². The molecule has 26 heavy (non-hydrogen) atoms. The Hall–Kier alpha value is -2.96. The number of esters is 1. The molecule has 1 heterocycles. The minimum absolute atomic E-state index is 0.0270. The van der Waals surface area contributed by atoms with Crippen LogP contribution in [0.4, 0.5) is 15.8 Å². The van der Waals surface area contributed by atoms with Crippen LogP contribution < -0.4 is 4.90 Å². The van der Waals surface area contributed by atoms with Gasteiger partial charge in [0.15, 0.2) is 0 Å². The third-order valence-electron chi connectivity index (χ3n) is 4.39. The standard InChI is InChI=1S/C19H19FN2O4/c20-16-7-4-14(5-8-16)13-26-19(23)15-6-9-17(18(12-15)22(24)25)21-10-2-1-3-11-21/h4-9,12H,1-3,10-11,13H2. The number of anilines is 1. The monoisotopic (exact) mass is 358 g/mol. The number of piperidine rings is 1. The second kappa shape index (κ2) is 7.95. The number of hydrogen-bond donors (Lipinski definition) is 0. The lowest BCUT2D eigenvalue weighted by Crippen LogP contribution is -2.30. The molecule has 2 aromatic carbocycles. The molecule has 0 atom stereocenters. The molecule has 2 aromatic rings. The minimum atomic E-state index is -0.650. The molecule has 3 rings (SSSR count). The van der Waals surface area contributed by atoms with Crippen molar-refractivity contribution in [3.63, 3.8) is 0 Å². The van der Waals surface area contributed by atoms with Gasteiger partial charge in [-0.1, -0.05) is 12.1 Å². The van der Waals surface area contributed by atoms with Crippen molar-refractivity contribution >= 4 is 17.3 Å². The largest absolute Gasteiger partial charge is 0.457 e. The fourth-order valence-corrected chi connectivity index (χ4v) is 3.01. The molecule has 0 amide bonds. The van der Waals surface area contributed by atoms with Crippen LogP contribution in [0, 0.1) is 15.9 Å². The van der Waals surface area contributed by atoms with Gasteiger partial charge < -0.3 is 9.64 Å². The molecule has 0 aliphatic carbocycles. The van der Waals surface area contributed by atoms with E-state index in [1.807, 2.05) is 4.90 Å². The lowest BCUT2D eigenvalue weighted by molar-refractivity contribution is -0.384. The highest BCUT2D eigenvalue weighted by molar-refractivity contribution is 5.91. The molecule has 7 heteroatoms. The fourth-order valence-electron chi connectivity index (χ4n) is 3.01. The molecule has 0 radical (unpaired) electrons. The van der Waals surface area contributed by atoms with Crippen LogP contribution in [-0.4, -0.2) is 24.0 Å². The van der Waals surface area contributed by atoms with Gasteiger partial charge in [0, 0.05) is 19.2 Å². The van der Waals surface area contributed by atoms with E-state index >= 15 is 0 Å². The normalized spacial score (nSPS) is 14.1. The number of nitro benzene ring substituents is 1. The molecular weight excluding hydrogens is 339 g/mol. The minimum Gasteiger partial charge on any atom is -0.457 e. The molecule has 0 saturated carbocycles. The summed E-state index contributed by atoms with van der Waals surface area (Å²) in [5, 5.41) is 11.4. The number of hydrogen-bond acceptors (Lipinski definition) is 5. The first-order valence-corrected chi connectivity index (χ1v) is 8.49. The molecule has 1 aliphatic rings. The molecule has 0 spiro atoms. The average molecular weight is 358 g/mol. The van der Waals surface area contributed by atoms with Crippen molar-refractivity contribution in [3.05, 3.63) is 69.5 Å². The summed E-state index contributed by atoms with van der Waals surface area (Å²) in [4.78, 5) is 25.2.